The highest BCUT2D eigenvalue weighted by atomic mass is 16.5. The first-order chi connectivity index (χ1) is 12.7. The molecule has 1 aliphatic carbocycles. The first kappa shape index (κ1) is 18.0. The number of carbonyl (C=O) groups is 1. The summed E-state index contributed by atoms with van der Waals surface area (Å²) >= 11 is 0. The zero-order valence-electron chi connectivity index (χ0n) is 16.0. The van der Waals surface area contributed by atoms with E-state index < -0.39 is 0 Å². The third-order valence-corrected chi connectivity index (χ3v) is 6.44. The van der Waals surface area contributed by atoms with Gasteiger partial charge in [0.2, 0.25) is 5.91 Å². The molecule has 3 fully saturated rings. The van der Waals surface area contributed by atoms with Crippen molar-refractivity contribution in [2.75, 3.05) is 39.3 Å². The van der Waals surface area contributed by atoms with Gasteiger partial charge >= 0.3 is 0 Å². The molecule has 4 rings (SSSR count). The van der Waals surface area contributed by atoms with Gasteiger partial charge < -0.3 is 9.42 Å². The first-order valence-corrected chi connectivity index (χ1v) is 10.4. The molecule has 2 saturated heterocycles. The van der Waals surface area contributed by atoms with Crippen molar-refractivity contribution in [3.8, 4) is 0 Å². The van der Waals surface area contributed by atoms with E-state index in [1.165, 1.54) is 38.5 Å². The average Bonchev–Trinajstić information content (AvgIpc) is 3.07. The van der Waals surface area contributed by atoms with Crippen molar-refractivity contribution in [1.82, 2.24) is 19.9 Å². The third kappa shape index (κ3) is 4.12. The Bertz CT molecular complexity index is 607. The lowest BCUT2D eigenvalue weighted by Gasteiger charge is -2.45. The summed E-state index contributed by atoms with van der Waals surface area (Å²) in [5.41, 5.74) is 0.937. The van der Waals surface area contributed by atoms with Crippen LogP contribution in [0.15, 0.2) is 10.6 Å². The number of likely N-dealkylation sites (tertiary alicyclic amines) is 1. The van der Waals surface area contributed by atoms with Gasteiger partial charge in [0.25, 0.3) is 0 Å². The lowest BCUT2D eigenvalue weighted by Crippen LogP contribution is -2.54. The number of rotatable bonds is 4. The molecule has 1 amide bonds. The maximum atomic E-state index is 12.9. The van der Waals surface area contributed by atoms with Crippen molar-refractivity contribution in [3.05, 3.63) is 17.5 Å². The van der Waals surface area contributed by atoms with Gasteiger partial charge in [0.1, 0.15) is 0 Å². The van der Waals surface area contributed by atoms with Crippen LogP contribution in [0.5, 0.6) is 0 Å². The highest BCUT2D eigenvalue weighted by Gasteiger charge is 2.36. The molecule has 0 radical (unpaired) electrons. The van der Waals surface area contributed by atoms with E-state index in [2.05, 4.69) is 19.9 Å². The fraction of sp³-hybridized carbons (Fsp3) is 0.800. The molecule has 3 heterocycles. The minimum absolute atomic E-state index is 0.362. The molecule has 0 aromatic carbocycles. The van der Waals surface area contributed by atoms with Crippen LogP contribution in [0.1, 0.15) is 50.0 Å². The van der Waals surface area contributed by atoms with E-state index in [4.69, 9.17) is 4.52 Å². The number of nitrogens with zero attached hydrogens (tertiary/aromatic N) is 4. The molecular formula is C20H32N4O2. The van der Waals surface area contributed by atoms with E-state index in [1.54, 1.807) is 0 Å². The number of amides is 1. The highest BCUT2D eigenvalue weighted by molar-refractivity contribution is 5.78. The van der Waals surface area contributed by atoms with Gasteiger partial charge in [-0.3, -0.25) is 14.6 Å². The molecule has 0 N–H and O–H groups in total. The Balaban J connectivity index is 1.25. The molecule has 3 aliphatic rings. The van der Waals surface area contributed by atoms with Crippen molar-refractivity contribution < 1.29 is 9.32 Å². The summed E-state index contributed by atoms with van der Waals surface area (Å²) in [6, 6.07) is 2.54. The van der Waals surface area contributed by atoms with Crippen LogP contribution in [0.25, 0.3) is 0 Å². The van der Waals surface area contributed by atoms with E-state index in [9.17, 15) is 4.79 Å². The Morgan fingerprint density at radius 2 is 1.81 bits per heavy atom. The molecule has 2 unspecified atom stereocenters. The maximum Gasteiger partial charge on any atom is 0.237 e. The summed E-state index contributed by atoms with van der Waals surface area (Å²) in [5, 5.41) is 3.96. The SMILES string of the molecule is Cc1cc(CN2CCN(CC(=O)N3CCCC4CCCCC43)CC2)on1. The first-order valence-electron chi connectivity index (χ1n) is 10.4. The average molecular weight is 361 g/mol. The largest absolute Gasteiger partial charge is 0.360 e. The molecule has 6 heteroatoms. The monoisotopic (exact) mass is 360 g/mol. The van der Waals surface area contributed by atoms with E-state index in [0.29, 0.717) is 18.5 Å². The number of hydrogen-bond donors (Lipinski definition) is 0. The predicted molar refractivity (Wildman–Crippen MR) is 99.7 cm³/mol. The number of piperazine rings is 1. The molecule has 1 aromatic rings. The number of hydrogen-bond acceptors (Lipinski definition) is 5. The van der Waals surface area contributed by atoms with Crippen LogP contribution < -0.4 is 0 Å². The van der Waals surface area contributed by atoms with Crippen molar-refractivity contribution in [2.24, 2.45) is 5.92 Å². The molecule has 0 spiro atoms. The Labute approximate surface area is 156 Å². The molecule has 2 atom stereocenters. The fourth-order valence-electron chi connectivity index (χ4n) is 5.03. The van der Waals surface area contributed by atoms with Crippen LogP contribution in [0.4, 0.5) is 0 Å². The van der Waals surface area contributed by atoms with E-state index in [1.807, 2.05) is 13.0 Å². The second kappa shape index (κ2) is 8.09. The van der Waals surface area contributed by atoms with Gasteiger partial charge in [0.15, 0.2) is 5.76 Å². The fourth-order valence-corrected chi connectivity index (χ4v) is 5.03. The Kier molecular flexibility index (Phi) is 5.60. The third-order valence-electron chi connectivity index (χ3n) is 6.44. The van der Waals surface area contributed by atoms with Crippen molar-refractivity contribution in [2.45, 2.75) is 58.0 Å². The number of piperidine rings is 1. The predicted octanol–water partition coefficient (Wildman–Crippen LogP) is 2.28. The second-order valence-corrected chi connectivity index (χ2v) is 8.33. The quantitative estimate of drug-likeness (QED) is 0.825. The Morgan fingerprint density at radius 1 is 1.08 bits per heavy atom. The Hall–Kier alpha value is -1.40. The van der Waals surface area contributed by atoms with Gasteiger partial charge in [0.05, 0.1) is 18.8 Å². The van der Waals surface area contributed by atoms with Gasteiger partial charge in [-0.2, -0.15) is 0 Å². The van der Waals surface area contributed by atoms with Crippen LogP contribution in [-0.2, 0) is 11.3 Å². The number of aromatic nitrogens is 1. The molecule has 2 aliphatic heterocycles. The molecule has 26 heavy (non-hydrogen) atoms. The molecule has 1 aromatic heterocycles. The summed E-state index contributed by atoms with van der Waals surface area (Å²) in [7, 11) is 0. The smallest absolute Gasteiger partial charge is 0.237 e. The summed E-state index contributed by atoms with van der Waals surface area (Å²) in [6.07, 6.45) is 7.72. The summed E-state index contributed by atoms with van der Waals surface area (Å²) < 4.78 is 5.32. The lowest BCUT2D eigenvalue weighted by atomic mass is 9.78. The second-order valence-electron chi connectivity index (χ2n) is 8.33. The number of aryl methyl sites for hydroxylation is 1. The van der Waals surface area contributed by atoms with Gasteiger partial charge in [-0.05, 0) is 38.5 Å². The minimum atomic E-state index is 0.362. The van der Waals surface area contributed by atoms with Crippen LogP contribution in [-0.4, -0.2) is 71.1 Å². The minimum Gasteiger partial charge on any atom is -0.360 e. The van der Waals surface area contributed by atoms with Crippen molar-refractivity contribution >= 4 is 5.91 Å². The molecule has 1 saturated carbocycles. The zero-order valence-corrected chi connectivity index (χ0v) is 16.0. The van der Waals surface area contributed by atoms with Gasteiger partial charge in [-0.15, -0.1) is 0 Å². The van der Waals surface area contributed by atoms with E-state index in [0.717, 1.165) is 56.6 Å². The van der Waals surface area contributed by atoms with E-state index >= 15 is 0 Å². The molecular weight excluding hydrogens is 328 g/mol. The highest BCUT2D eigenvalue weighted by Crippen LogP contribution is 2.35. The Morgan fingerprint density at radius 3 is 2.58 bits per heavy atom. The normalized spacial score (nSPS) is 28.1. The summed E-state index contributed by atoms with van der Waals surface area (Å²) in [6.45, 7) is 8.23. The maximum absolute atomic E-state index is 12.9. The van der Waals surface area contributed by atoms with Crippen LogP contribution in [0.2, 0.25) is 0 Å². The van der Waals surface area contributed by atoms with Crippen LogP contribution in [0, 0.1) is 12.8 Å². The molecule has 6 nitrogen and oxygen atoms in total. The topological polar surface area (TPSA) is 52.8 Å². The van der Waals surface area contributed by atoms with Crippen LogP contribution in [0.3, 0.4) is 0 Å². The van der Waals surface area contributed by atoms with Gasteiger partial charge in [-0.1, -0.05) is 18.0 Å². The standard InChI is InChI=1S/C20H32N4O2/c1-16-13-18(26-21-16)14-22-9-11-23(12-10-22)15-20(25)24-8-4-6-17-5-2-3-7-19(17)24/h13,17,19H,2-12,14-15H2,1H3. The number of carbonyl (C=O) groups excluding carboxylic acids is 1. The van der Waals surface area contributed by atoms with Gasteiger partial charge in [-0.25, -0.2) is 0 Å². The van der Waals surface area contributed by atoms with Crippen molar-refractivity contribution in [1.29, 1.82) is 0 Å². The molecule has 0 bridgehead atoms. The summed E-state index contributed by atoms with van der Waals surface area (Å²) in [5.74, 6) is 2.06. The lowest BCUT2D eigenvalue weighted by molar-refractivity contribution is -0.139. The van der Waals surface area contributed by atoms with E-state index in [-0.39, 0.29) is 0 Å². The van der Waals surface area contributed by atoms with Crippen LogP contribution >= 0.6 is 0 Å². The summed E-state index contributed by atoms with van der Waals surface area (Å²) in [4.78, 5) is 19.9. The number of fused-ring (bicyclic) bond motifs is 1. The van der Waals surface area contributed by atoms with Crippen molar-refractivity contribution in [3.63, 3.8) is 0 Å². The molecule has 144 valence electrons. The zero-order chi connectivity index (χ0) is 17.9. The van der Waals surface area contributed by atoms with Gasteiger partial charge in [0, 0.05) is 44.8 Å².